The molecule has 0 spiro atoms. The van der Waals surface area contributed by atoms with Crippen LogP contribution in [0.1, 0.15) is 11.7 Å². The minimum Gasteiger partial charge on any atom is -0.478 e. The van der Waals surface area contributed by atoms with E-state index in [9.17, 15) is 9.90 Å². The van der Waals surface area contributed by atoms with E-state index in [1.54, 1.807) is 42.6 Å². The lowest BCUT2D eigenvalue weighted by Gasteiger charge is -2.15. The van der Waals surface area contributed by atoms with Crippen LogP contribution in [0.2, 0.25) is 0 Å². The molecule has 0 saturated heterocycles. The molecule has 1 atom stereocenters. The van der Waals surface area contributed by atoms with Crippen molar-refractivity contribution in [1.82, 2.24) is 4.98 Å². The highest BCUT2D eigenvalue weighted by atomic mass is 79.9. The van der Waals surface area contributed by atoms with E-state index in [2.05, 4.69) is 20.9 Å². The molecule has 18 heavy (non-hydrogen) atoms. The van der Waals surface area contributed by atoms with Gasteiger partial charge in [-0.1, -0.05) is 30.3 Å². The molecule has 0 saturated carbocycles. The Labute approximate surface area is 112 Å². The van der Waals surface area contributed by atoms with Crippen LogP contribution < -0.4 is 4.74 Å². The molecule has 1 N–H and O–H groups in total. The van der Waals surface area contributed by atoms with E-state index in [1.165, 1.54) is 0 Å². The zero-order valence-electron chi connectivity index (χ0n) is 9.29. The van der Waals surface area contributed by atoms with Gasteiger partial charge in [0.05, 0.1) is 4.47 Å². The van der Waals surface area contributed by atoms with E-state index in [1.807, 2.05) is 6.07 Å². The molecule has 0 amide bonds. The third-order valence-corrected chi connectivity index (χ3v) is 2.88. The number of hydrogen-bond acceptors (Lipinski definition) is 3. The van der Waals surface area contributed by atoms with Crippen LogP contribution in [0.4, 0.5) is 0 Å². The van der Waals surface area contributed by atoms with Crippen LogP contribution in [0.3, 0.4) is 0 Å². The van der Waals surface area contributed by atoms with Crippen molar-refractivity contribution < 1.29 is 14.6 Å². The summed E-state index contributed by atoms with van der Waals surface area (Å²) in [5, 5.41) is 9.21. The van der Waals surface area contributed by atoms with Crippen LogP contribution in [0.25, 0.3) is 0 Å². The first-order valence-electron chi connectivity index (χ1n) is 5.23. The van der Waals surface area contributed by atoms with Gasteiger partial charge in [0.25, 0.3) is 0 Å². The Balaban J connectivity index is 2.28. The molecule has 2 aromatic rings. The number of halogens is 1. The standard InChI is InChI=1S/C13H10BrNO3/c14-10-7-4-8-15-12(10)18-11(13(16)17)9-5-2-1-3-6-9/h1-8,11H,(H,16,17). The van der Waals surface area contributed by atoms with E-state index < -0.39 is 12.1 Å². The van der Waals surface area contributed by atoms with E-state index >= 15 is 0 Å². The summed E-state index contributed by atoms with van der Waals surface area (Å²) in [7, 11) is 0. The van der Waals surface area contributed by atoms with Crippen LogP contribution in [-0.4, -0.2) is 16.1 Å². The van der Waals surface area contributed by atoms with Gasteiger partial charge in [-0.05, 0) is 28.1 Å². The number of carbonyl (C=O) groups is 1. The number of aromatic nitrogens is 1. The highest BCUT2D eigenvalue weighted by Gasteiger charge is 2.22. The van der Waals surface area contributed by atoms with Gasteiger partial charge in [-0.3, -0.25) is 0 Å². The number of carboxylic acids is 1. The van der Waals surface area contributed by atoms with Gasteiger partial charge in [0.1, 0.15) is 0 Å². The quantitative estimate of drug-likeness (QED) is 0.943. The Morgan fingerprint density at radius 1 is 1.22 bits per heavy atom. The summed E-state index contributed by atoms with van der Waals surface area (Å²) in [6, 6.07) is 12.2. The molecule has 5 heteroatoms. The molecule has 1 aromatic heterocycles. The lowest BCUT2D eigenvalue weighted by Crippen LogP contribution is -2.18. The van der Waals surface area contributed by atoms with Gasteiger partial charge in [-0.15, -0.1) is 0 Å². The number of rotatable bonds is 4. The Hall–Kier alpha value is -1.88. The molecule has 92 valence electrons. The number of pyridine rings is 1. The third kappa shape index (κ3) is 2.87. The molecule has 1 aromatic carbocycles. The fourth-order valence-corrected chi connectivity index (χ4v) is 1.81. The normalized spacial score (nSPS) is 11.8. The molecule has 0 aliphatic heterocycles. The maximum Gasteiger partial charge on any atom is 0.349 e. The lowest BCUT2D eigenvalue weighted by molar-refractivity contribution is -0.145. The van der Waals surface area contributed by atoms with E-state index in [4.69, 9.17) is 4.74 Å². The van der Waals surface area contributed by atoms with Crippen molar-refractivity contribution in [2.75, 3.05) is 0 Å². The van der Waals surface area contributed by atoms with Gasteiger partial charge in [0, 0.05) is 11.8 Å². The van der Waals surface area contributed by atoms with Gasteiger partial charge in [-0.2, -0.15) is 0 Å². The van der Waals surface area contributed by atoms with Crippen molar-refractivity contribution in [3.05, 3.63) is 58.7 Å². The van der Waals surface area contributed by atoms with Crippen LogP contribution in [0, 0.1) is 0 Å². The van der Waals surface area contributed by atoms with Crippen LogP contribution in [0.15, 0.2) is 53.1 Å². The minimum absolute atomic E-state index is 0.258. The van der Waals surface area contributed by atoms with Crippen LogP contribution >= 0.6 is 15.9 Å². The lowest BCUT2D eigenvalue weighted by atomic mass is 10.1. The van der Waals surface area contributed by atoms with Crippen molar-refractivity contribution in [3.63, 3.8) is 0 Å². The Morgan fingerprint density at radius 2 is 1.94 bits per heavy atom. The van der Waals surface area contributed by atoms with Crippen molar-refractivity contribution in [2.24, 2.45) is 0 Å². The molecule has 4 nitrogen and oxygen atoms in total. The number of carboxylic acid groups (broad SMARTS) is 1. The van der Waals surface area contributed by atoms with Crippen molar-refractivity contribution >= 4 is 21.9 Å². The summed E-state index contributed by atoms with van der Waals surface area (Å²) in [5.74, 6) is -0.799. The maximum absolute atomic E-state index is 11.2. The molecule has 0 bridgehead atoms. The predicted molar refractivity (Wildman–Crippen MR) is 69.4 cm³/mol. The summed E-state index contributed by atoms with van der Waals surface area (Å²) >= 11 is 3.27. The number of benzene rings is 1. The summed E-state index contributed by atoms with van der Waals surface area (Å²) < 4.78 is 6.05. The van der Waals surface area contributed by atoms with Crippen LogP contribution in [-0.2, 0) is 4.79 Å². The highest BCUT2D eigenvalue weighted by molar-refractivity contribution is 9.10. The van der Waals surface area contributed by atoms with Crippen molar-refractivity contribution in [3.8, 4) is 5.88 Å². The van der Waals surface area contributed by atoms with Crippen molar-refractivity contribution in [1.29, 1.82) is 0 Å². The zero-order chi connectivity index (χ0) is 13.0. The molecular weight excluding hydrogens is 298 g/mol. The highest BCUT2D eigenvalue weighted by Crippen LogP contribution is 2.26. The van der Waals surface area contributed by atoms with Gasteiger partial charge in [0.15, 0.2) is 0 Å². The molecule has 2 rings (SSSR count). The van der Waals surface area contributed by atoms with E-state index in [0.29, 0.717) is 10.0 Å². The topological polar surface area (TPSA) is 59.4 Å². The average molecular weight is 308 g/mol. The van der Waals surface area contributed by atoms with E-state index in [-0.39, 0.29) is 5.88 Å². The first-order valence-corrected chi connectivity index (χ1v) is 6.02. The second-order valence-corrected chi connectivity index (χ2v) is 4.39. The summed E-state index contributed by atoms with van der Waals surface area (Å²) in [6.07, 6.45) is 0.474. The number of aliphatic carboxylic acids is 1. The van der Waals surface area contributed by atoms with Gasteiger partial charge in [-0.25, -0.2) is 9.78 Å². The fourth-order valence-electron chi connectivity index (χ4n) is 1.46. The molecule has 0 aliphatic rings. The van der Waals surface area contributed by atoms with E-state index in [0.717, 1.165) is 0 Å². The Morgan fingerprint density at radius 3 is 2.56 bits per heavy atom. The number of hydrogen-bond donors (Lipinski definition) is 1. The summed E-state index contributed by atoms with van der Waals surface area (Å²) in [4.78, 5) is 15.2. The third-order valence-electron chi connectivity index (χ3n) is 2.28. The molecule has 0 aliphatic carbocycles. The Bertz CT molecular complexity index is 545. The smallest absolute Gasteiger partial charge is 0.349 e. The average Bonchev–Trinajstić information content (AvgIpc) is 2.38. The van der Waals surface area contributed by atoms with Gasteiger partial charge >= 0.3 is 5.97 Å². The second kappa shape index (κ2) is 5.64. The molecule has 1 unspecified atom stereocenters. The minimum atomic E-state index is -1.07. The predicted octanol–water partition coefficient (Wildman–Crippen LogP) is 3.05. The number of ether oxygens (including phenoxy) is 1. The van der Waals surface area contributed by atoms with Gasteiger partial charge in [0.2, 0.25) is 12.0 Å². The molecule has 0 fully saturated rings. The van der Waals surface area contributed by atoms with Crippen molar-refractivity contribution in [2.45, 2.75) is 6.10 Å². The first kappa shape index (κ1) is 12.6. The Kier molecular flexibility index (Phi) is 3.94. The summed E-state index contributed by atoms with van der Waals surface area (Å²) in [5.41, 5.74) is 0.572. The second-order valence-electron chi connectivity index (χ2n) is 3.54. The van der Waals surface area contributed by atoms with Crippen LogP contribution in [0.5, 0.6) is 5.88 Å². The number of nitrogens with zero attached hydrogens (tertiary/aromatic N) is 1. The largest absolute Gasteiger partial charge is 0.478 e. The SMILES string of the molecule is O=C(O)C(Oc1ncccc1Br)c1ccccc1. The monoisotopic (exact) mass is 307 g/mol. The first-order chi connectivity index (χ1) is 8.68. The zero-order valence-corrected chi connectivity index (χ0v) is 10.9. The summed E-state index contributed by atoms with van der Waals surface area (Å²) in [6.45, 7) is 0. The fraction of sp³-hybridized carbons (Fsp3) is 0.0769. The molecule has 0 radical (unpaired) electrons. The molecular formula is C13H10BrNO3. The van der Waals surface area contributed by atoms with Gasteiger partial charge < -0.3 is 9.84 Å². The molecule has 1 heterocycles. The maximum atomic E-state index is 11.2.